The molecule has 0 bridgehead atoms. The third-order valence-electron chi connectivity index (χ3n) is 7.16. The van der Waals surface area contributed by atoms with Crippen molar-refractivity contribution in [1.82, 2.24) is 15.3 Å². The Morgan fingerprint density at radius 3 is 2.76 bits per heavy atom. The highest BCUT2D eigenvalue weighted by atomic mass is 16.2. The van der Waals surface area contributed by atoms with Crippen molar-refractivity contribution in [3.8, 4) is 0 Å². The number of amides is 2. The fraction of sp³-hybridized carbons (Fsp3) is 0.321. The van der Waals surface area contributed by atoms with Crippen LogP contribution in [0.2, 0.25) is 0 Å². The summed E-state index contributed by atoms with van der Waals surface area (Å²) in [7, 11) is 0. The Morgan fingerprint density at radius 2 is 1.91 bits per heavy atom. The summed E-state index contributed by atoms with van der Waals surface area (Å²) in [4.78, 5) is 34.6. The maximum Gasteiger partial charge on any atom is 0.247 e. The van der Waals surface area contributed by atoms with Crippen molar-refractivity contribution >= 4 is 39.3 Å². The molecule has 2 aromatic carbocycles. The minimum atomic E-state index is -0.603. The highest BCUT2D eigenvalue weighted by Crippen LogP contribution is 2.32. The summed E-state index contributed by atoms with van der Waals surface area (Å²) >= 11 is 0. The van der Waals surface area contributed by atoms with Gasteiger partial charge in [0.25, 0.3) is 0 Å². The molecule has 1 aliphatic carbocycles. The number of rotatable bonds is 6. The molecule has 0 aliphatic heterocycles. The van der Waals surface area contributed by atoms with Gasteiger partial charge in [-0.25, -0.2) is 0 Å². The molecule has 4 aromatic rings. The Bertz CT molecular complexity index is 1350. The second-order valence-electron chi connectivity index (χ2n) is 9.30. The lowest BCUT2D eigenvalue weighted by atomic mass is 9.85. The zero-order valence-electron chi connectivity index (χ0n) is 19.6. The lowest BCUT2D eigenvalue weighted by Gasteiger charge is -2.28. The predicted octanol–water partition coefficient (Wildman–Crippen LogP) is 4.99. The smallest absolute Gasteiger partial charge is 0.247 e. The van der Waals surface area contributed by atoms with Gasteiger partial charge >= 0.3 is 0 Å². The number of hydrogen-bond donors (Lipinski definition) is 3. The van der Waals surface area contributed by atoms with Gasteiger partial charge in [-0.05, 0) is 61.1 Å². The van der Waals surface area contributed by atoms with Crippen LogP contribution in [0.3, 0.4) is 0 Å². The molecule has 2 heterocycles. The fourth-order valence-electron chi connectivity index (χ4n) is 4.99. The van der Waals surface area contributed by atoms with Crippen molar-refractivity contribution in [2.75, 3.05) is 5.32 Å². The molecule has 6 nitrogen and oxygen atoms in total. The molecule has 5 rings (SSSR count). The maximum absolute atomic E-state index is 13.4. The van der Waals surface area contributed by atoms with E-state index in [-0.39, 0.29) is 23.7 Å². The molecule has 2 aromatic heterocycles. The number of H-pyrrole nitrogens is 1. The van der Waals surface area contributed by atoms with Crippen LogP contribution in [-0.2, 0) is 22.4 Å². The van der Waals surface area contributed by atoms with Gasteiger partial charge in [0.1, 0.15) is 6.04 Å². The fourth-order valence-corrected chi connectivity index (χ4v) is 4.99. The standard InChI is InChI=1S/C28H30N4O2/c1-3-17(2)26(28(34)31-24-12-6-11-22-20(24)9-7-15-29-22)32-27(33)18-13-14-25-21(16-18)19-8-4-5-10-23(19)30-25/h4-12,15,17-18,26,30H,3,13-14,16H2,1-2H3,(H,31,34)(H,32,33)/t17?,18?,26-/m0/s1. The highest BCUT2D eigenvalue weighted by molar-refractivity contribution is 6.04. The Balaban J connectivity index is 1.34. The molecule has 2 unspecified atom stereocenters. The van der Waals surface area contributed by atoms with Crippen LogP contribution in [-0.4, -0.2) is 27.8 Å². The van der Waals surface area contributed by atoms with Gasteiger partial charge in [-0.15, -0.1) is 0 Å². The van der Waals surface area contributed by atoms with Crippen molar-refractivity contribution in [1.29, 1.82) is 0 Å². The number of benzene rings is 2. The summed E-state index contributed by atoms with van der Waals surface area (Å²) in [6.45, 7) is 4.05. The number of carbonyl (C=O) groups is 2. The first-order chi connectivity index (χ1) is 16.5. The number of fused-ring (bicyclic) bond motifs is 4. The average Bonchev–Trinajstić information content (AvgIpc) is 3.25. The number of nitrogens with zero attached hydrogens (tertiary/aromatic N) is 1. The SMILES string of the molecule is CCC(C)[C@H](NC(=O)C1CCc2[nH]c3ccccc3c2C1)C(=O)Nc1cccc2ncccc12. The Labute approximate surface area is 199 Å². The number of aromatic nitrogens is 2. The van der Waals surface area contributed by atoms with Crippen LogP contribution in [0.25, 0.3) is 21.8 Å². The van der Waals surface area contributed by atoms with Crippen LogP contribution in [0.15, 0.2) is 60.8 Å². The molecular weight excluding hydrogens is 424 g/mol. The lowest BCUT2D eigenvalue weighted by molar-refractivity contribution is -0.130. The van der Waals surface area contributed by atoms with Crippen LogP contribution in [0.1, 0.15) is 37.9 Å². The quantitative estimate of drug-likeness (QED) is 0.384. The van der Waals surface area contributed by atoms with E-state index in [4.69, 9.17) is 0 Å². The monoisotopic (exact) mass is 454 g/mol. The van der Waals surface area contributed by atoms with E-state index < -0.39 is 6.04 Å². The summed E-state index contributed by atoms with van der Waals surface area (Å²) < 4.78 is 0. The number of pyridine rings is 1. The number of aromatic amines is 1. The summed E-state index contributed by atoms with van der Waals surface area (Å²) in [6.07, 6.45) is 4.82. The normalized spacial score (nSPS) is 17.2. The Kier molecular flexibility index (Phi) is 6.05. The summed E-state index contributed by atoms with van der Waals surface area (Å²) in [5.41, 5.74) is 5.11. The van der Waals surface area contributed by atoms with E-state index in [1.54, 1.807) is 6.20 Å². The van der Waals surface area contributed by atoms with Crippen LogP contribution in [0.4, 0.5) is 5.69 Å². The summed E-state index contributed by atoms with van der Waals surface area (Å²) in [5, 5.41) is 8.22. The minimum Gasteiger partial charge on any atom is -0.358 e. The number of carbonyl (C=O) groups excluding carboxylic acids is 2. The molecule has 1 aliphatic rings. The van der Waals surface area contributed by atoms with Crippen molar-refractivity contribution in [2.45, 2.75) is 45.6 Å². The van der Waals surface area contributed by atoms with E-state index in [2.05, 4.69) is 32.7 Å². The molecule has 3 N–H and O–H groups in total. The zero-order chi connectivity index (χ0) is 23.7. The van der Waals surface area contributed by atoms with E-state index in [9.17, 15) is 9.59 Å². The average molecular weight is 455 g/mol. The molecular formula is C28H30N4O2. The van der Waals surface area contributed by atoms with Gasteiger partial charge in [-0.3, -0.25) is 14.6 Å². The van der Waals surface area contributed by atoms with E-state index in [1.165, 1.54) is 16.6 Å². The molecule has 174 valence electrons. The van der Waals surface area contributed by atoms with Crippen LogP contribution < -0.4 is 10.6 Å². The van der Waals surface area contributed by atoms with Crippen LogP contribution in [0, 0.1) is 11.8 Å². The van der Waals surface area contributed by atoms with Crippen molar-refractivity contribution in [3.63, 3.8) is 0 Å². The predicted molar refractivity (Wildman–Crippen MR) is 136 cm³/mol. The molecule has 0 saturated carbocycles. The first-order valence-electron chi connectivity index (χ1n) is 12.1. The molecule has 6 heteroatoms. The summed E-state index contributed by atoms with van der Waals surface area (Å²) in [6, 6.07) is 17.1. The molecule has 3 atom stereocenters. The van der Waals surface area contributed by atoms with E-state index in [0.29, 0.717) is 12.1 Å². The number of nitrogens with one attached hydrogen (secondary N) is 3. The van der Waals surface area contributed by atoms with Gasteiger partial charge in [0.2, 0.25) is 11.8 Å². The summed E-state index contributed by atoms with van der Waals surface area (Å²) in [5.74, 6) is -0.379. The number of aryl methyl sites for hydroxylation is 1. The topological polar surface area (TPSA) is 86.9 Å². The second kappa shape index (κ2) is 9.29. The molecule has 2 amide bonds. The molecule has 0 radical (unpaired) electrons. The molecule has 0 spiro atoms. The first kappa shape index (κ1) is 22.1. The number of hydrogen-bond acceptors (Lipinski definition) is 3. The largest absolute Gasteiger partial charge is 0.358 e. The Morgan fingerprint density at radius 1 is 1.09 bits per heavy atom. The van der Waals surface area contributed by atoms with Gasteiger partial charge in [-0.2, -0.15) is 0 Å². The van der Waals surface area contributed by atoms with E-state index >= 15 is 0 Å². The number of anilines is 1. The van der Waals surface area contributed by atoms with Gasteiger partial charge in [0.15, 0.2) is 0 Å². The van der Waals surface area contributed by atoms with Crippen molar-refractivity contribution in [3.05, 3.63) is 72.1 Å². The molecule has 0 saturated heterocycles. The van der Waals surface area contributed by atoms with E-state index in [1.807, 2.05) is 56.3 Å². The molecule has 34 heavy (non-hydrogen) atoms. The van der Waals surface area contributed by atoms with Gasteiger partial charge < -0.3 is 15.6 Å². The van der Waals surface area contributed by atoms with E-state index in [0.717, 1.165) is 35.7 Å². The third kappa shape index (κ3) is 4.16. The molecule has 0 fully saturated rings. The zero-order valence-corrected chi connectivity index (χ0v) is 19.6. The maximum atomic E-state index is 13.4. The minimum absolute atomic E-state index is 0.00397. The van der Waals surface area contributed by atoms with Gasteiger partial charge in [0.05, 0.1) is 11.2 Å². The second-order valence-corrected chi connectivity index (χ2v) is 9.30. The lowest BCUT2D eigenvalue weighted by Crippen LogP contribution is -2.50. The van der Waals surface area contributed by atoms with Crippen molar-refractivity contribution < 1.29 is 9.59 Å². The van der Waals surface area contributed by atoms with Crippen LogP contribution >= 0.6 is 0 Å². The highest BCUT2D eigenvalue weighted by Gasteiger charge is 2.32. The Hall–Kier alpha value is -3.67. The number of para-hydroxylation sites is 1. The first-order valence-corrected chi connectivity index (χ1v) is 12.1. The van der Waals surface area contributed by atoms with Gasteiger partial charge in [-0.1, -0.05) is 44.5 Å². The third-order valence-corrected chi connectivity index (χ3v) is 7.16. The van der Waals surface area contributed by atoms with Crippen LogP contribution in [0.5, 0.6) is 0 Å². The van der Waals surface area contributed by atoms with Gasteiger partial charge in [0, 0.05) is 34.1 Å². The van der Waals surface area contributed by atoms with Crippen molar-refractivity contribution in [2.24, 2.45) is 11.8 Å².